The van der Waals surface area contributed by atoms with Gasteiger partial charge in [0, 0.05) is 12.1 Å². The molecule has 0 amide bonds. The number of rotatable bonds is 5. The first kappa shape index (κ1) is 13.4. The van der Waals surface area contributed by atoms with Crippen LogP contribution in [0.2, 0.25) is 0 Å². The molecule has 0 saturated heterocycles. The lowest BCUT2D eigenvalue weighted by Crippen LogP contribution is -2.26. The molecular weight excluding hydrogens is 242 g/mol. The first-order valence-electron chi connectivity index (χ1n) is 7.62. The predicted molar refractivity (Wildman–Crippen MR) is 84.6 cm³/mol. The van der Waals surface area contributed by atoms with Crippen LogP contribution in [0.4, 0.5) is 0 Å². The van der Waals surface area contributed by atoms with Crippen LogP contribution in [0.3, 0.4) is 0 Å². The van der Waals surface area contributed by atoms with Crippen LogP contribution in [0.15, 0.2) is 54.6 Å². The molecule has 20 heavy (non-hydrogen) atoms. The lowest BCUT2D eigenvalue weighted by Gasteiger charge is -2.25. The van der Waals surface area contributed by atoms with Crippen LogP contribution in [0.5, 0.6) is 0 Å². The van der Waals surface area contributed by atoms with Gasteiger partial charge in [-0.1, -0.05) is 54.6 Å². The molecule has 1 aliphatic carbocycles. The maximum absolute atomic E-state index is 3.85. The quantitative estimate of drug-likeness (QED) is 0.819. The molecule has 1 nitrogen and oxygen atoms in total. The third kappa shape index (κ3) is 2.94. The maximum atomic E-state index is 3.85. The molecule has 2 aromatic carbocycles. The topological polar surface area (TPSA) is 12.0 Å². The van der Waals surface area contributed by atoms with Gasteiger partial charge in [-0.25, -0.2) is 0 Å². The minimum atomic E-state index is 0.391. The molecule has 1 fully saturated rings. The normalized spacial score (nSPS) is 17.7. The van der Waals surface area contributed by atoms with Gasteiger partial charge in [0.1, 0.15) is 0 Å². The molecule has 1 aliphatic rings. The number of hydrogen-bond donors (Lipinski definition) is 1. The predicted octanol–water partition coefficient (Wildman–Crippen LogP) is 4.80. The molecule has 1 heteroatoms. The minimum Gasteiger partial charge on any atom is -0.303 e. The van der Waals surface area contributed by atoms with Crippen LogP contribution in [0, 0.1) is 12.8 Å². The van der Waals surface area contributed by atoms with Crippen molar-refractivity contribution in [2.45, 2.75) is 38.8 Å². The van der Waals surface area contributed by atoms with Crippen LogP contribution in [0.25, 0.3) is 0 Å². The van der Waals surface area contributed by atoms with Gasteiger partial charge >= 0.3 is 0 Å². The second-order valence-electron chi connectivity index (χ2n) is 5.97. The fourth-order valence-corrected chi connectivity index (χ4v) is 3.03. The molecule has 0 heterocycles. The van der Waals surface area contributed by atoms with Gasteiger partial charge in [-0.2, -0.15) is 0 Å². The molecule has 2 unspecified atom stereocenters. The van der Waals surface area contributed by atoms with Crippen molar-refractivity contribution in [2.75, 3.05) is 0 Å². The lowest BCUT2D eigenvalue weighted by molar-refractivity contribution is 0.426. The number of benzene rings is 2. The Morgan fingerprint density at radius 3 is 2.25 bits per heavy atom. The highest BCUT2D eigenvalue weighted by atomic mass is 15.0. The molecule has 0 aromatic heterocycles. The molecular formula is C19H23N. The summed E-state index contributed by atoms with van der Waals surface area (Å²) in [5.41, 5.74) is 4.21. The molecule has 3 rings (SSSR count). The molecule has 0 aliphatic heterocycles. The molecule has 0 spiro atoms. The van der Waals surface area contributed by atoms with Gasteiger partial charge < -0.3 is 5.32 Å². The SMILES string of the molecule is Cc1ccccc1C(C)NC(c1ccccc1)C1CC1. The first-order chi connectivity index (χ1) is 9.75. The molecule has 2 atom stereocenters. The Balaban J connectivity index is 1.79. The maximum Gasteiger partial charge on any atom is 0.0353 e. The van der Waals surface area contributed by atoms with Gasteiger partial charge in [0.15, 0.2) is 0 Å². The summed E-state index contributed by atoms with van der Waals surface area (Å²) in [6.07, 6.45) is 2.71. The Morgan fingerprint density at radius 1 is 0.950 bits per heavy atom. The van der Waals surface area contributed by atoms with Crippen molar-refractivity contribution in [1.82, 2.24) is 5.32 Å². The highest BCUT2D eigenvalue weighted by molar-refractivity contribution is 5.29. The Kier molecular flexibility index (Phi) is 3.88. The van der Waals surface area contributed by atoms with Crippen molar-refractivity contribution < 1.29 is 0 Å². The molecule has 0 bridgehead atoms. The average molecular weight is 265 g/mol. The van der Waals surface area contributed by atoms with Gasteiger partial charge in [0.25, 0.3) is 0 Å². The lowest BCUT2D eigenvalue weighted by atomic mass is 9.98. The third-order valence-corrected chi connectivity index (χ3v) is 4.34. The van der Waals surface area contributed by atoms with E-state index in [-0.39, 0.29) is 0 Å². The van der Waals surface area contributed by atoms with E-state index in [0.29, 0.717) is 12.1 Å². The molecule has 104 valence electrons. The Labute approximate surface area is 122 Å². The molecule has 0 radical (unpaired) electrons. The zero-order valence-corrected chi connectivity index (χ0v) is 12.3. The van der Waals surface area contributed by atoms with E-state index in [1.54, 1.807) is 0 Å². The fraction of sp³-hybridized carbons (Fsp3) is 0.368. The van der Waals surface area contributed by atoms with E-state index in [1.165, 1.54) is 29.5 Å². The minimum absolute atomic E-state index is 0.391. The van der Waals surface area contributed by atoms with E-state index in [0.717, 1.165) is 5.92 Å². The van der Waals surface area contributed by atoms with E-state index in [9.17, 15) is 0 Å². The van der Waals surface area contributed by atoms with Gasteiger partial charge in [0.05, 0.1) is 0 Å². The van der Waals surface area contributed by atoms with Gasteiger partial charge in [0.2, 0.25) is 0 Å². The average Bonchev–Trinajstić information content (AvgIpc) is 3.30. The summed E-state index contributed by atoms with van der Waals surface area (Å²) >= 11 is 0. The van der Waals surface area contributed by atoms with Crippen molar-refractivity contribution in [3.63, 3.8) is 0 Å². The van der Waals surface area contributed by atoms with Crippen LogP contribution >= 0.6 is 0 Å². The van der Waals surface area contributed by atoms with Crippen LogP contribution in [0.1, 0.15) is 48.5 Å². The summed E-state index contributed by atoms with van der Waals surface area (Å²) in [5, 5.41) is 3.85. The first-order valence-corrected chi connectivity index (χ1v) is 7.62. The molecule has 1 saturated carbocycles. The third-order valence-electron chi connectivity index (χ3n) is 4.34. The highest BCUT2D eigenvalue weighted by Gasteiger charge is 2.33. The van der Waals surface area contributed by atoms with Gasteiger partial charge in [-0.15, -0.1) is 0 Å². The zero-order valence-electron chi connectivity index (χ0n) is 12.3. The summed E-state index contributed by atoms with van der Waals surface area (Å²) in [7, 11) is 0. The Bertz CT molecular complexity index is 557. The van der Waals surface area contributed by atoms with Crippen LogP contribution in [-0.2, 0) is 0 Å². The van der Waals surface area contributed by atoms with Crippen LogP contribution < -0.4 is 5.32 Å². The van der Waals surface area contributed by atoms with E-state index < -0.39 is 0 Å². The van der Waals surface area contributed by atoms with E-state index in [2.05, 4.69) is 73.8 Å². The fourth-order valence-electron chi connectivity index (χ4n) is 3.03. The summed E-state index contributed by atoms with van der Waals surface area (Å²) in [6.45, 7) is 4.48. The van der Waals surface area contributed by atoms with Crippen molar-refractivity contribution >= 4 is 0 Å². The number of nitrogens with one attached hydrogen (secondary N) is 1. The second-order valence-corrected chi connectivity index (χ2v) is 5.97. The van der Waals surface area contributed by atoms with Crippen molar-refractivity contribution in [1.29, 1.82) is 0 Å². The van der Waals surface area contributed by atoms with Crippen molar-refractivity contribution in [3.8, 4) is 0 Å². The smallest absolute Gasteiger partial charge is 0.0353 e. The largest absolute Gasteiger partial charge is 0.303 e. The second kappa shape index (κ2) is 5.80. The number of aryl methyl sites for hydroxylation is 1. The van der Waals surface area contributed by atoms with Crippen molar-refractivity contribution in [3.05, 3.63) is 71.3 Å². The van der Waals surface area contributed by atoms with Gasteiger partial charge in [-0.3, -0.25) is 0 Å². The molecule has 2 aromatic rings. The zero-order chi connectivity index (χ0) is 13.9. The van der Waals surface area contributed by atoms with E-state index in [4.69, 9.17) is 0 Å². The van der Waals surface area contributed by atoms with Crippen LogP contribution in [-0.4, -0.2) is 0 Å². The summed E-state index contributed by atoms with van der Waals surface area (Å²) in [4.78, 5) is 0. The Morgan fingerprint density at radius 2 is 1.60 bits per heavy atom. The van der Waals surface area contributed by atoms with E-state index in [1.807, 2.05) is 0 Å². The standard InChI is InChI=1S/C19H23N/c1-14-8-6-7-11-18(14)15(2)20-19(17-12-13-17)16-9-4-3-5-10-16/h3-11,15,17,19-20H,12-13H2,1-2H3. The number of hydrogen-bond acceptors (Lipinski definition) is 1. The highest BCUT2D eigenvalue weighted by Crippen LogP contribution is 2.42. The Hall–Kier alpha value is -1.60. The van der Waals surface area contributed by atoms with Crippen molar-refractivity contribution in [2.24, 2.45) is 5.92 Å². The summed E-state index contributed by atoms with van der Waals surface area (Å²) < 4.78 is 0. The van der Waals surface area contributed by atoms with Gasteiger partial charge in [-0.05, 0) is 49.3 Å². The monoisotopic (exact) mass is 265 g/mol. The van der Waals surface area contributed by atoms with E-state index >= 15 is 0 Å². The summed E-state index contributed by atoms with van der Waals surface area (Å²) in [6, 6.07) is 20.4. The molecule has 1 N–H and O–H groups in total. The summed E-state index contributed by atoms with van der Waals surface area (Å²) in [5.74, 6) is 0.809.